The van der Waals surface area contributed by atoms with Gasteiger partial charge in [-0.3, -0.25) is 10.1 Å². The van der Waals surface area contributed by atoms with Gasteiger partial charge in [-0.15, -0.1) is 0 Å². The van der Waals surface area contributed by atoms with Gasteiger partial charge in [0.25, 0.3) is 5.69 Å². The Morgan fingerprint density at radius 1 is 1.26 bits per heavy atom. The van der Waals surface area contributed by atoms with E-state index in [2.05, 4.69) is 4.72 Å². The SMILES string of the molecule is CN(C)S(=O)(=O)c1ccc(S(=O)(=O)NCCCOCC2CC2)c([N+](=O)[O-])c1. The first-order valence-corrected chi connectivity index (χ1v) is 11.3. The second-order valence-electron chi connectivity index (χ2n) is 6.44. The van der Waals surface area contributed by atoms with Crippen molar-refractivity contribution in [3.05, 3.63) is 28.3 Å². The molecule has 0 heterocycles. The number of sulfonamides is 2. The monoisotopic (exact) mass is 421 g/mol. The van der Waals surface area contributed by atoms with Gasteiger partial charge in [0.1, 0.15) is 0 Å². The van der Waals surface area contributed by atoms with E-state index in [1.807, 2.05) is 0 Å². The molecule has 1 aliphatic carbocycles. The Balaban J connectivity index is 2.11. The summed E-state index contributed by atoms with van der Waals surface area (Å²) in [5, 5.41) is 11.3. The lowest BCUT2D eigenvalue weighted by molar-refractivity contribution is -0.388. The maximum atomic E-state index is 12.4. The van der Waals surface area contributed by atoms with E-state index in [1.54, 1.807) is 0 Å². The Labute approximate surface area is 158 Å². The second kappa shape index (κ2) is 8.61. The minimum atomic E-state index is -4.17. The highest BCUT2D eigenvalue weighted by Crippen LogP contribution is 2.29. The average Bonchev–Trinajstić information content (AvgIpc) is 3.41. The van der Waals surface area contributed by atoms with Crippen molar-refractivity contribution in [3.63, 3.8) is 0 Å². The number of nitro groups is 1. The van der Waals surface area contributed by atoms with Gasteiger partial charge in [-0.25, -0.2) is 25.9 Å². The zero-order chi connectivity index (χ0) is 20.2. The maximum absolute atomic E-state index is 12.4. The van der Waals surface area contributed by atoms with Gasteiger partial charge in [0, 0.05) is 39.9 Å². The summed E-state index contributed by atoms with van der Waals surface area (Å²) in [6.07, 6.45) is 2.75. The maximum Gasteiger partial charge on any atom is 0.290 e. The molecule has 0 atom stereocenters. The van der Waals surface area contributed by atoms with Crippen LogP contribution in [0.1, 0.15) is 19.3 Å². The average molecular weight is 421 g/mol. The Hall–Kier alpha value is -1.60. The van der Waals surface area contributed by atoms with Crippen molar-refractivity contribution in [2.75, 3.05) is 33.9 Å². The first-order chi connectivity index (χ1) is 12.6. The van der Waals surface area contributed by atoms with Crippen LogP contribution >= 0.6 is 0 Å². The zero-order valence-electron chi connectivity index (χ0n) is 15.1. The van der Waals surface area contributed by atoms with Crippen LogP contribution in [0.5, 0.6) is 0 Å². The number of hydrogen-bond donors (Lipinski definition) is 1. The number of ether oxygens (including phenoxy) is 1. The lowest BCUT2D eigenvalue weighted by atomic mass is 10.3. The summed E-state index contributed by atoms with van der Waals surface area (Å²) in [5.41, 5.74) is -0.796. The van der Waals surface area contributed by atoms with Gasteiger partial charge in [0.15, 0.2) is 4.90 Å². The third kappa shape index (κ3) is 5.69. The highest BCUT2D eigenvalue weighted by Gasteiger charge is 2.29. The van der Waals surface area contributed by atoms with E-state index in [0.717, 1.165) is 35.3 Å². The molecule has 10 nitrogen and oxygen atoms in total. The predicted molar refractivity (Wildman–Crippen MR) is 97.3 cm³/mol. The van der Waals surface area contributed by atoms with Crippen molar-refractivity contribution in [2.45, 2.75) is 29.1 Å². The molecular formula is C15H23N3O7S2. The number of nitrogens with one attached hydrogen (secondary N) is 1. The van der Waals surface area contributed by atoms with Crippen molar-refractivity contribution in [1.82, 2.24) is 9.03 Å². The van der Waals surface area contributed by atoms with Crippen molar-refractivity contribution < 1.29 is 26.5 Å². The van der Waals surface area contributed by atoms with E-state index >= 15 is 0 Å². The normalized spacial score (nSPS) is 15.2. The fraction of sp³-hybridized carbons (Fsp3) is 0.600. The summed E-state index contributed by atoms with van der Waals surface area (Å²) in [6.45, 7) is 1.11. The minimum Gasteiger partial charge on any atom is -0.381 e. The van der Waals surface area contributed by atoms with Gasteiger partial charge in [0.05, 0.1) is 9.82 Å². The Kier molecular flexibility index (Phi) is 6.92. The molecule has 1 aliphatic rings. The molecule has 0 amide bonds. The van der Waals surface area contributed by atoms with E-state index in [9.17, 15) is 26.9 Å². The first-order valence-electron chi connectivity index (χ1n) is 8.34. The van der Waals surface area contributed by atoms with Crippen LogP contribution < -0.4 is 4.72 Å². The standard InChI is InChI=1S/C15H23N3O7S2/c1-17(2)27(23,24)13-6-7-15(14(10-13)18(19)20)26(21,22)16-8-3-9-25-11-12-4-5-12/h6-7,10,12,16H,3-5,8-9,11H2,1-2H3. The second-order valence-corrected chi connectivity index (χ2v) is 10.3. The number of rotatable bonds is 11. The smallest absolute Gasteiger partial charge is 0.290 e. The fourth-order valence-corrected chi connectivity index (χ4v) is 4.38. The molecule has 0 radical (unpaired) electrons. The molecule has 0 unspecified atom stereocenters. The quantitative estimate of drug-likeness (QED) is 0.319. The molecule has 0 spiro atoms. The Morgan fingerprint density at radius 3 is 2.48 bits per heavy atom. The summed E-state index contributed by atoms with van der Waals surface area (Å²) < 4.78 is 57.6. The van der Waals surface area contributed by atoms with Crippen LogP contribution in [0, 0.1) is 16.0 Å². The fourth-order valence-electron chi connectivity index (χ4n) is 2.23. The molecule has 1 saturated carbocycles. The molecule has 1 fully saturated rings. The molecule has 0 bridgehead atoms. The van der Waals surface area contributed by atoms with E-state index in [4.69, 9.17) is 4.74 Å². The molecule has 27 heavy (non-hydrogen) atoms. The lowest BCUT2D eigenvalue weighted by Crippen LogP contribution is -2.27. The largest absolute Gasteiger partial charge is 0.381 e. The number of hydrogen-bond acceptors (Lipinski definition) is 7. The molecule has 2 rings (SSSR count). The van der Waals surface area contributed by atoms with Gasteiger partial charge in [0.2, 0.25) is 20.0 Å². The van der Waals surface area contributed by atoms with Crippen LogP contribution in [-0.4, -0.2) is 59.9 Å². The Bertz CT molecular complexity index is 894. The number of benzene rings is 1. The van der Waals surface area contributed by atoms with E-state index in [0.29, 0.717) is 25.6 Å². The van der Waals surface area contributed by atoms with Gasteiger partial charge in [-0.1, -0.05) is 0 Å². The van der Waals surface area contributed by atoms with Gasteiger partial charge >= 0.3 is 0 Å². The highest BCUT2D eigenvalue weighted by atomic mass is 32.2. The van der Waals surface area contributed by atoms with Crippen LogP contribution in [0.15, 0.2) is 28.0 Å². The summed E-state index contributed by atoms with van der Waals surface area (Å²) in [6, 6.07) is 2.72. The predicted octanol–water partition coefficient (Wildman–Crippen LogP) is 0.940. The van der Waals surface area contributed by atoms with Crippen LogP contribution in [0.25, 0.3) is 0 Å². The van der Waals surface area contributed by atoms with Crippen molar-refractivity contribution in [1.29, 1.82) is 0 Å². The third-order valence-electron chi connectivity index (χ3n) is 4.00. The van der Waals surface area contributed by atoms with Crippen molar-refractivity contribution in [3.8, 4) is 0 Å². The summed E-state index contributed by atoms with van der Waals surface area (Å²) in [7, 11) is -5.54. The summed E-state index contributed by atoms with van der Waals surface area (Å²) >= 11 is 0. The Morgan fingerprint density at radius 2 is 1.93 bits per heavy atom. The highest BCUT2D eigenvalue weighted by molar-refractivity contribution is 7.90. The molecule has 12 heteroatoms. The molecule has 0 aliphatic heterocycles. The van der Waals surface area contributed by atoms with Gasteiger partial charge in [-0.2, -0.15) is 0 Å². The molecule has 1 N–H and O–H groups in total. The minimum absolute atomic E-state index is 0.0574. The van der Waals surface area contributed by atoms with Gasteiger partial charge < -0.3 is 4.74 Å². The first kappa shape index (κ1) is 21.7. The van der Waals surface area contributed by atoms with Gasteiger partial charge in [-0.05, 0) is 37.3 Å². The topological polar surface area (TPSA) is 136 Å². The summed E-state index contributed by atoms with van der Waals surface area (Å²) in [4.78, 5) is 9.44. The van der Waals surface area contributed by atoms with Crippen molar-refractivity contribution >= 4 is 25.7 Å². The lowest BCUT2D eigenvalue weighted by Gasteiger charge is -2.12. The van der Waals surface area contributed by atoms with Crippen molar-refractivity contribution in [2.24, 2.45) is 5.92 Å². The number of nitrogens with zero attached hydrogens (tertiary/aromatic N) is 2. The zero-order valence-corrected chi connectivity index (χ0v) is 16.8. The van der Waals surface area contributed by atoms with E-state index in [1.165, 1.54) is 14.1 Å². The van der Waals surface area contributed by atoms with Crippen LogP contribution in [-0.2, 0) is 24.8 Å². The molecular weight excluding hydrogens is 398 g/mol. The molecule has 1 aromatic carbocycles. The van der Waals surface area contributed by atoms with E-state index in [-0.39, 0.29) is 11.4 Å². The molecule has 0 saturated heterocycles. The van der Waals surface area contributed by atoms with E-state index < -0.39 is 35.6 Å². The molecule has 1 aromatic rings. The van der Waals surface area contributed by atoms with Crippen LogP contribution in [0.2, 0.25) is 0 Å². The molecule has 152 valence electrons. The number of nitro benzene ring substituents is 1. The van der Waals surface area contributed by atoms with Crippen LogP contribution in [0.3, 0.4) is 0 Å². The summed E-state index contributed by atoms with van der Waals surface area (Å²) in [5.74, 6) is 0.612. The van der Waals surface area contributed by atoms with Crippen LogP contribution in [0.4, 0.5) is 5.69 Å². The third-order valence-corrected chi connectivity index (χ3v) is 7.32. The molecule has 0 aromatic heterocycles.